The second kappa shape index (κ2) is 8.52. The van der Waals surface area contributed by atoms with Crippen LogP contribution in [-0.4, -0.2) is 16.5 Å². The Bertz CT molecular complexity index is 828. The number of hydrogen-bond donors (Lipinski definition) is 1. The maximum Gasteiger partial charge on any atom is 0.332 e. The molecule has 2 aromatic carbocycles. The van der Waals surface area contributed by atoms with Crippen LogP contribution in [0.2, 0.25) is 0 Å². The molecule has 0 aromatic heterocycles. The molecule has 0 saturated carbocycles. The van der Waals surface area contributed by atoms with E-state index in [9.17, 15) is 14.9 Å². The minimum absolute atomic E-state index is 0.109. The van der Waals surface area contributed by atoms with Crippen molar-refractivity contribution in [3.63, 3.8) is 0 Å². The van der Waals surface area contributed by atoms with Crippen LogP contribution >= 0.6 is 0 Å². The Hall–Kier alpha value is -2.73. The molecule has 0 amide bonds. The normalized spacial score (nSPS) is 13.8. The van der Waals surface area contributed by atoms with Gasteiger partial charge in [-0.1, -0.05) is 56.3 Å². The first kappa shape index (κ1) is 21.6. The molecule has 0 aliphatic carbocycles. The van der Waals surface area contributed by atoms with E-state index in [1.54, 1.807) is 39.0 Å². The van der Waals surface area contributed by atoms with Crippen molar-refractivity contribution in [1.82, 2.24) is 5.32 Å². The fraction of sp³-hybridized carbons (Fsp3) is 0.409. The zero-order chi connectivity index (χ0) is 20.9. The van der Waals surface area contributed by atoms with Crippen LogP contribution in [0.1, 0.15) is 45.7 Å². The highest BCUT2D eigenvalue weighted by Crippen LogP contribution is 2.38. The predicted octanol–water partition coefficient (Wildman–Crippen LogP) is 4.58. The lowest BCUT2D eigenvalue weighted by Crippen LogP contribution is -2.55. The first-order valence-electron chi connectivity index (χ1n) is 9.34. The van der Waals surface area contributed by atoms with Gasteiger partial charge in [0, 0.05) is 12.6 Å². The van der Waals surface area contributed by atoms with Crippen LogP contribution in [0.15, 0.2) is 54.6 Å². The Morgan fingerprint density at radius 1 is 1.07 bits per heavy atom. The standard InChI is InChI=1S/C22H28N2O4/c1-16(2)22(20(25)28-21(3,4)5,23-15-17-11-7-6-8-12-17)18-13-9-10-14-19(18)24(26)27/h6-14,16,23H,15H2,1-5H3/t22-/m1/s1. The van der Waals surface area contributed by atoms with Crippen LogP contribution in [0.4, 0.5) is 5.69 Å². The fourth-order valence-corrected chi connectivity index (χ4v) is 3.19. The number of para-hydroxylation sites is 1. The molecule has 0 saturated heterocycles. The third-order valence-electron chi connectivity index (χ3n) is 4.53. The van der Waals surface area contributed by atoms with Gasteiger partial charge < -0.3 is 4.74 Å². The molecule has 28 heavy (non-hydrogen) atoms. The first-order chi connectivity index (χ1) is 13.1. The maximum absolute atomic E-state index is 13.4. The molecule has 2 rings (SSSR count). The molecule has 0 spiro atoms. The highest BCUT2D eigenvalue weighted by atomic mass is 16.6. The lowest BCUT2D eigenvalue weighted by atomic mass is 9.78. The fourth-order valence-electron chi connectivity index (χ4n) is 3.19. The van der Waals surface area contributed by atoms with Crippen LogP contribution in [0.5, 0.6) is 0 Å². The van der Waals surface area contributed by atoms with Crippen LogP contribution in [0.3, 0.4) is 0 Å². The summed E-state index contributed by atoms with van der Waals surface area (Å²) in [5, 5.41) is 15.0. The summed E-state index contributed by atoms with van der Waals surface area (Å²) >= 11 is 0. The lowest BCUT2D eigenvalue weighted by molar-refractivity contribution is -0.386. The molecule has 0 fully saturated rings. The van der Waals surface area contributed by atoms with E-state index in [2.05, 4.69) is 5.32 Å². The molecule has 0 aliphatic heterocycles. The van der Waals surface area contributed by atoms with Gasteiger partial charge in [0.2, 0.25) is 0 Å². The van der Waals surface area contributed by atoms with E-state index in [1.807, 2.05) is 44.2 Å². The summed E-state index contributed by atoms with van der Waals surface area (Å²) in [7, 11) is 0. The number of carbonyl (C=O) groups is 1. The van der Waals surface area contributed by atoms with Crippen molar-refractivity contribution < 1.29 is 14.5 Å². The summed E-state index contributed by atoms with van der Waals surface area (Å²) in [6.07, 6.45) is 0. The zero-order valence-electron chi connectivity index (χ0n) is 17.1. The average molecular weight is 384 g/mol. The van der Waals surface area contributed by atoms with Crippen LogP contribution in [0, 0.1) is 16.0 Å². The Morgan fingerprint density at radius 2 is 1.64 bits per heavy atom. The second-order valence-corrected chi connectivity index (χ2v) is 8.08. The SMILES string of the molecule is CC(C)[C@](NCc1ccccc1)(C(=O)OC(C)(C)C)c1ccccc1[N+](=O)[O-]. The van der Waals surface area contributed by atoms with Crippen LogP contribution in [0.25, 0.3) is 0 Å². The van der Waals surface area contributed by atoms with Gasteiger partial charge in [-0.2, -0.15) is 0 Å². The highest BCUT2D eigenvalue weighted by molar-refractivity contribution is 5.85. The highest BCUT2D eigenvalue weighted by Gasteiger charge is 2.49. The first-order valence-corrected chi connectivity index (χ1v) is 9.34. The molecule has 0 aliphatic rings. The van der Waals surface area contributed by atoms with E-state index in [4.69, 9.17) is 4.74 Å². The third kappa shape index (κ3) is 4.75. The topological polar surface area (TPSA) is 81.5 Å². The van der Waals surface area contributed by atoms with Gasteiger partial charge in [0.15, 0.2) is 5.54 Å². The summed E-state index contributed by atoms with van der Waals surface area (Å²) in [6.45, 7) is 9.44. The monoisotopic (exact) mass is 384 g/mol. The largest absolute Gasteiger partial charge is 0.458 e. The third-order valence-corrected chi connectivity index (χ3v) is 4.53. The number of hydrogen-bond acceptors (Lipinski definition) is 5. The van der Waals surface area contributed by atoms with Gasteiger partial charge >= 0.3 is 5.97 Å². The minimum atomic E-state index is -1.37. The molecule has 6 nitrogen and oxygen atoms in total. The van der Waals surface area contributed by atoms with Crippen LogP contribution in [-0.2, 0) is 21.6 Å². The van der Waals surface area contributed by atoms with E-state index in [1.165, 1.54) is 6.07 Å². The molecular weight excluding hydrogens is 356 g/mol. The minimum Gasteiger partial charge on any atom is -0.458 e. The zero-order valence-corrected chi connectivity index (χ0v) is 17.1. The molecule has 150 valence electrons. The van der Waals surface area contributed by atoms with E-state index in [-0.39, 0.29) is 11.6 Å². The number of nitro benzene ring substituents is 1. The quantitative estimate of drug-likeness (QED) is 0.429. The molecule has 0 bridgehead atoms. The van der Waals surface area contributed by atoms with Crippen molar-refractivity contribution in [1.29, 1.82) is 0 Å². The van der Waals surface area contributed by atoms with Gasteiger partial charge in [-0.15, -0.1) is 0 Å². The van der Waals surface area contributed by atoms with Gasteiger partial charge in [0.05, 0.1) is 10.5 Å². The summed E-state index contributed by atoms with van der Waals surface area (Å²) < 4.78 is 5.72. The molecule has 1 atom stereocenters. The summed E-state index contributed by atoms with van der Waals surface area (Å²) in [5.74, 6) is -0.826. The number of benzene rings is 2. The Labute approximate surface area is 166 Å². The molecule has 2 aromatic rings. The predicted molar refractivity (Wildman–Crippen MR) is 109 cm³/mol. The number of nitrogens with zero attached hydrogens (tertiary/aromatic N) is 1. The summed E-state index contributed by atoms with van der Waals surface area (Å²) in [5.41, 5.74) is -0.931. The van der Waals surface area contributed by atoms with Gasteiger partial charge in [-0.3, -0.25) is 15.4 Å². The second-order valence-electron chi connectivity index (χ2n) is 8.08. The summed E-state index contributed by atoms with van der Waals surface area (Å²) in [4.78, 5) is 24.7. The molecular formula is C22H28N2O4. The van der Waals surface area contributed by atoms with Crippen molar-refractivity contribution in [2.45, 2.75) is 52.3 Å². The number of ether oxygens (including phenoxy) is 1. The average Bonchev–Trinajstić information content (AvgIpc) is 2.61. The molecule has 0 heterocycles. The van der Waals surface area contributed by atoms with E-state index in [0.717, 1.165) is 5.56 Å². The number of nitrogens with one attached hydrogen (secondary N) is 1. The van der Waals surface area contributed by atoms with E-state index < -0.39 is 22.0 Å². The molecule has 0 unspecified atom stereocenters. The van der Waals surface area contributed by atoms with Gasteiger partial charge in [-0.05, 0) is 38.3 Å². The van der Waals surface area contributed by atoms with Crippen LogP contribution < -0.4 is 5.32 Å². The molecule has 1 N–H and O–H groups in total. The Morgan fingerprint density at radius 3 is 2.18 bits per heavy atom. The van der Waals surface area contributed by atoms with Gasteiger partial charge in [0.25, 0.3) is 5.69 Å². The molecule has 0 radical (unpaired) electrons. The van der Waals surface area contributed by atoms with Gasteiger partial charge in [0.1, 0.15) is 5.60 Å². The van der Waals surface area contributed by atoms with Gasteiger partial charge in [-0.25, -0.2) is 4.79 Å². The Balaban J connectivity index is 2.61. The molecule has 6 heteroatoms. The van der Waals surface area contributed by atoms with Crippen molar-refractivity contribution in [2.75, 3.05) is 0 Å². The number of rotatable bonds is 7. The smallest absolute Gasteiger partial charge is 0.332 e. The summed E-state index contributed by atoms with van der Waals surface area (Å²) in [6, 6.07) is 15.9. The number of esters is 1. The lowest BCUT2D eigenvalue weighted by Gasteiger charge is -2.38. The maximum atomic E-state index is 13.4. The number of carbonyl (C=O) groups excluding carboxylic acids is 1. The number of nitro groups is 1. The van der Waals surface area contributed by atoms with Crippen molar-refractivity contribution >= 4 is 11.7 Å². The van der Waals surface area contributed by atoms with Crippen molar-refractivity contribution in [3.05, 3.63) is 75.8 Å². The van der Waals surface area contributed by atoms with E-state index in [0.29, 0.717) is 12.1 Å². The van der Waals surface area contributed by atoms with Crippen molar-refractivity contribution in [3.8, 4) is 0 Å². The van der Waals surface area contributed by atoms with E-state index >= 15 is 0 Å². The van der Waals surface area contributed by atoms with Crippen molar-refractivity contribution in [2.24, 2.45) is 5.92 Å². The Kier molecular flexibility index (Phi) is 6.56.